The zero-order chi connectivity index (χ0) is 14.5. The van der Waals surface area contributed by atoms with E-state index in [2.05, 4.69) is 11.8 Å². The van der Waals surface area contributed by atoms with Crippen molar-refractivity contribution in [2.45, 2.75) is 20.3 Å². The molecule has 0 radical (unpaired) electrons. The number of ketones is 1. The molecule has 1 fully saturated rings. The van der Waals surface area contributed by atoms with Gasteiger partial charge in [0.25, 0.3) is 0 Å². The predicted octanol–water partition coefficient (Wildman–Crippen LogP) is 2.27. The fourth-order valence-electron chi connectivity index (χ4n) is 2.56. The minimum absolute atomic E-state index is 0.197. The van der Waals surface area contributed by atoms with E-state index >= 15 is 0 Å². The molecule has 0 aliphatic carbocycles. The summed E-state index contributed by atoms with van der Waals surface area (Å²) in [5, 5.41) is 0. The molecule has 0 unspecified atom stereocenters. The summed E-state index contributed by atoms with van der Waals surface area (Å²) in [7, 11) is -0.688. The van der Waals surface area contributed by atoms with Crippen molar-refractivity contribution in [3.8, 4) is 0 Å². The highest BCUT2D eigenvalue weighted by atomic mass is 32.2. The summed E-state index contributed by atoms with van der Waals surface area (Å²) in [6.07, 6.45) is 0.544. The molecule has 1 aromatic rings. The maximum absolute atomic E-state index is 12.1. The van der Waals surface area contributed by atoms with Crippen LogP contribution in [-0.4, -0.2) is 46.0 Å². The summed E-state index contributed by atoms with van der Waals surface area (Å²) in [5.41, 5.74) is 1.97. The van der Waals surface area contributed by atoms with E-state index in [0.717, 1.165) is 36.7 Å². The summed E-state index contributed by atoms with van der Waals surface area (Å²) in [4.78, 5) is 14.4. The minimum Gasteiger partial charge on any atom is -0.302 e. The lowest BCUT2D eigenvalue weighted by Gasteiger charge is -2.21. The number of aryl methyl sites for hydroxylation is 1. The van der Waals surface area contributed by atoms with Crippen LogP contribution in [0.1, 0.15) is 29.3 Å². The Morgan fingerprint density at radius 3 is 2.75 bits per heavy atom. The smallest absolute Gasteiger partial charge is 0.164 e. The molecule has 0 spiro atoms. The number of Topliss-reactive ketones (excluding diaryl/α,β-unsaturated/α-hetero) is 1. The van der Waals surface area contributed by atoms with Crippen molar-refractivity contribution >= 4 is 16.6 Å². The number of hydrogen-bond acceptors (Lipinski definition) is 3. The third kappa shape index (κ3) is 4.53. The topological polar surface area (TPSA) is 37.4 Å². The van der Waals surface area contributed by atoms with E-state index in [9.17, 15) is 9.00 Å². The molecule has 2 rings (SSSR count). The Bertz CT molecular complexity index is 484. The summed E-state index contributed by atoms with van der Waals surface area (Å²) in [5.74, 6) is 2.18. The minimum atomic E-state index is -0.688. The largest absolute Gasteiger partial charge is 0.302 e. The second kappa shape index (κ2) is 7.14. The molecule has 1 aliphatic rings. The Balaban J connectivity index is 1.86. The first-order valence-electron chi connectivity index (χ1n) is 7.22. The standard InChI is InChI=1S/C16H23NO2S/c1-13-3-5-15(6-4-13)16(18)7-8-17-9-10-20(19)12-14(2)11-17/h3-6,14H,7-12H2,1-2H3/t14-,20+/m0/s1. The molecule has 0 amide bonds. The first-order chi connectivity index (χ1) is 9.54. The first kappa shape index (κ1) is 15.4. The number of rotatable bonds is 4. The van der Waals surface area contributed by atoms with Gasteiger partial charge in [0.2, 0.25) is 0 Å². The molecule has 1 heterocycles. The van der Waals surface area contributed by atoms with Crippen molar-refractivity contribution in [1.82, 2.24) is 4.90 Å². The van der Waals surface area contributed by atoms with Crippen LogP contribution in [0.2, 0.25) is 0 Å². The van der Waals surface area contributed by atoms with Gasteiger partial charge in [-0.05, 0) is 12.8 Å². The van der Waals surface area contributed by atoms with Gasteiger partial charge >= 0.3 is 0 Å². The van der Waals surface area contributed by atoms with Crippen LogP contribution in [0.25, 0.3) is 0 Å². The second-order valence-electron chi connectivity index (χ2n) is 5.76. The number of nitrogens with zero attached hydrogens (tertiary/aromatic N) is 1. The van der Waals surface area contributed by atoms with Crippen molar-refractivity contribution in [3.63, 3.8) is 0 Å². The molecule has 2 atom stereocenters. The van der Waals surface area contributed by atoms with E-state index < -0.39 is 10.8 Å². The molecule has 0 N–H and O–H groups in total. The van der Waals surface area contributed by atoms with E-state index in [0.29, 0.717) is 12.3 Å². The summed E-state index contributed by atoms with van der Waals surface area (Å²) in [6.45, 7) is 6.73. The lowest BCUT2D eigenvalue weighted by molar-refractivity contribution is 0.0963. The highest BCUT2D eigenvalue weighted by molar-refractivity contribution is 7.85. The SMILES string of the molecule is Cc1ccc(C(=O)CCN2CC[S@@](=O)C[C@@H](C)C2)cc1. The van der Waals surface area contributed by atoms with Crippen LogP contribution < -0.4 is 0 Å². The van der Waals surface area contributed by atoms with Crippen LogP contribution in [0, 0.1) is 12.8 Å². The Labute approximate surface area is 123 Å². The van der Waals surface area contributed by atoms with Crippen molar-refractivity contribution < 1.29 is 9.00 Å². The van der Waals surface area contributed by atoms with E-state index in [1.54, 1.807) is 0 Å². The third-order valence-electron chi connectivity index (χ3n) is 3.70. The lowest BCUT2D eigenvalue weighted by atomic mass is 10.1. The number of hydrogen-bond donors (Lipinski definition) is 0. The normalized spacial score (nSPS) is 24.3. The summed E-state index contributed by atoms with van der Waals surface area (Å²) >= 11 is 0. The van der Waals surface area contributed by atoms with Crippen molar-refractivity contribution in [2.75, 3.05) is 31.1 Å². The highest BCUT2D eigenvalue weighted by Crippen LogP contribution is 2.11. The zero-order valence-electron chi connectivity index (χ0n) is 12.3. The van der Waals surface area contributed by atoms with E-state index in [1.165, 1.54) is 5.56 Å². The van der Waals surface area contributed by atoms with Gasteiger partial charge in [-0.3, -0.25) is 9.00 Å². The maximum atomic E-state index is 12.1. The van der Waals surface area contributed by atoms with Crippen LogP contribution in [-0.2, 0) is 10.8 Å². The van der Waals surface area contributed by atoms with Crippen molar-refractivity contribution in [2.24, 2.45) is 5.92 Å². The van der Waals surface area contributed by atoms with Crippen LogP contribution in [0.3, 0.4) is 0 Å². The Hall–Kier alpha value is -1.00. The Kier molecular flexibility index (Phi) is 5.49. The fourth-order valence-corrected chi connectivity index (χ4v) is 3.93. The quantitative estimate of drug-likeness (QED) is 0.799. The molecular formula is C16H23NO2S. The van der Waals surface area contributed by atoms with Gasteiger partial charge in [0.1, 0.15) is 0 Å². The molecule has 20 heavy (non-hydrogen) atoms. The molecule has 1 aliphatic heterocycles. The van der Waals surface area contributed by atoms with Gasteiger partial charge in [-0.25, -0.2) is 0 Å². The Morgan fingerprint density at radius 2 is 2.05 bits per heavy atom. The van der Waals surface area contributed by atoms with Gasteiger partial charge in [0.15, 0.2) is 5.78 Å². The molecule has 3 nitrogen and oxygen atoms in total. The molecule has 0 aromatic heterocycles. The van der Waals surface area contributed by atoms with E-state index in [1.807, 2.05) is 31.2 Å². The van der Waals surface area contributed by atoms with Gasteiger partial charge in [0.05, 0.1) is 0 Å². The van der Waals surface area contributed by atoms with Gasteiger partial charge in [-0.15, -0.1) is 0 Å². The molecule has 1 saturated heterocycles. The van der Waals surface area contributed by atoms with Crippen LogP contribution >= 0.6 is 0 Å². The molecule has 110 valence electrons. The van der Waals surface area contributed by atoms with Crippen LogP contribution in [0.5, 0.6) is 0 Å². The molecule has 4 heteroatoms. The van der Waals surface area contributed by atoms with Crippen LogP contribution in [0.15, 0.2) is 24.3 Å². The highest BCUT2D eigenvalue weighted by Gasteiger charge is 2.19. The molecule has 0 bridgehead atoms. The fraction of sp³-hybridized carbons (Fsp3) is 0.562. The average molecular weight is 293 g/mol. The first-order valence-corrected chi connectivity index (χ1v) is 8.70. The van der Waals surface area contributed by atoms with E-state index in [-0.39, 0.29) is 5.78 Å². The van der Waals surface area contributed by atoms with Crippen molar-refractivity contribution in [1.29, 1.82) is 0 Å². The summed E-state index contributed by atoms with van der Waals surface area (Å²) in [6, 6.07) is 7.75. The van der Waals surface area contributed by atoms with Gasteiger partial charge in [-0.1, -0.05) is 36.8 Å². The number of benzene rings is 1. The zero-order valence-corrected chi connectivity index (χ0v) is 13.1. The molecule has 0 saturated carbocycles. The number of carbonyl (C=O) groups excluding carboxylic acids is 1. The third-order valence-corrected chi connectivity index (χ3v) is 5.28. The van der Waals surface area contributed by atoms with Crippen molar-refractivity contribution in [3.05, 3.63) is 35.4 Å². The predicted molar refractivity (Wildman–Crippen MR) is 83.6 cm³/mol. The lowest BCUT2D eigenvalue weighted by Crippen LogP contribution is -2.31. The maximum Gasteiger partial charge on any atom is 0.164 e. The Morgan fingerprint density at radius 1 is 1.35 bits per heavy atom. The number of carbonyl (C=O) groups is 1. The van der Waals surface area contributed by atoms with E-state index in [4.69, 9.17) is 0 Å². The molecular weight excluding hydrogens is 270 g/mol. The summed E-state index contributed by atoms with van der Waals surface area (Å²) < 4.78 is 11.6. The van der Waals surface area contributed by atoms with Gasteiger partial charge < -0.3 is 4.90 Å². The second-order valence-corrected chi connectivity index (χ2v) is 7.38. The van der Waals surface area contributed by atoms with Gasteiger partial charge in [0, 0.05) is 53.9 Å². The van der Waals surface area contributed by atoms with Crippen LogP contribution in [0.4, 0.5) is 0 Å². The molecule has 1 aromatic carbocycles. The monoisotopic (exact) mass is 293 g/mol. The average Bonchev–Trinajstić information content (AvgIpc) is 2.57. The van der Waals surface area contributed by atoms with Gasteiger partial charge in [-0.2, -0.15) is 0 Å².